The van der Waals surface area contributed by atoms with Crippen LogP contribution < -0.4 is 14.9 Å². The normalized spacial score (nSPS) is 12.3. The number of alkyl halides is 3. The molecule has 36 heavy (non-hydrogen) atoms. The van der Waals surface area contributed by atoms with E-state index in [0.717, 1.165) is 34.6 Å². The first-order valence-electron chi connectivity index (χ1n) is 10.4. The second kappa shape index (κ2) is 10.9. The van der Waals surface area contributed by atoms with Gasteiger partial charge < -0.3 is 10.6 Å². The average Bonchev–Trinajstić information content (AvgIpc) is 2.82. The molecular formula is C23H21F5N4O3S. The van der Waals surface area contributed by atoms with Gasteiger partial charge in [0.2, 0.25) is 16.8 Å². The summed E-state index contributed by atoms with van der Waals surface area (Å²) in [6.07, 6.45) is -4.71. The second-order valence-electron chi connectivity index (χ2n) is 7.75. The molecule has 0 aliphatic heterocycles. The van der Waals surface area contributed by atoms with Crippen LogP contribution in [0.1, 0.15) is 29.7 Å². The van der Waals surface area contributed by atoms with E-state index < -0.39 is 46.2 Å². The van der Waals surface area contributed by atoms with Crippen molar-refractivity contribution in [3.8, 4) is 0 Å². The van der Waals surface area contributed by atoms with Crippen molar-refractivity contribution in [1.29, 1.82) is 0 Å². The number of amides is 1. The molecule has 0 fully saturated rings. The summed E-state index contributed by atoms with van der Waals surface area (Å²) in [4.78, 5) is 16.3. The molecule has 1 atom stereocenters. The van der Waals surface area contributed by atoms with Gasteiger partial charge in [0, 0.05) is 24.8 Å². The van der Waals surface area contributed by atoms with Crippen molar-refractivity contribution in [3.05, 3.63) is 83.1 Å². The maximum atomic E-state index is 14.4. The molecule has 0 aliphatic rings. The quantitative estimate of drug-likeness (QED) is 0.296. The monoisotopic (exact) mass is 528 g/mol. The highest BCUT2D eigenvalue weighted by Crippen LogP contribution is 2.31. The maximum Gasteiger partial charge on any atom is 0.433 e. The van der Waals surface area contributed by atoms with E-state index in [1.54, 1.807) is 0 Å². The van der Waals surface area contributed by atoms with Crippen LogP contribution in [-0.4, -0.2) is 26.4 Å². The average molecular weight is 529 g/mol. The molecule has 0 saturated heterocycles. The number of nitrogens with one attached hydrogen (secondary N) is 2. The Morgan fingerprint density at radius 3 is 2.31 bits per heavy atom. The van der Waals surface area contributed by atoms with E-state index >= 15 is 0 Å². The Labute approximate surface area is 205 Å². The van der Waals surface area contributed by atoms with E-state index in [1.807, 2.05) is 0 Å². The zero-order valence-corrected chi connectivity index (χ0v) is 19.8. The molecule has 2 aromatic carbocycles. The fraction of sp³-hybridized carbons (Fsp3) is 0.217. The number of carbonyl (C=O) groups excluding carboxylic acids is 1. The van der Waals surface area contributed by atoms with Gasteiger partial charge in [0.1, 0.15) is 23.1 Å². The molecule has 0 spiro atoms. The van der Waals surface area contributed by atoms with Crippen molar-refractivity contribution in [2.45, 2.75) is 25.6 Å². The molecular weight excluding hydrogens is 507 g/mol. The Morgan fingerprint density at radius 2 is 1.72 bits per heavy atom. The number of hydrogen-bond acceptors (Lipinski definition) is 5. The fourth-order valence-electron chi connectivity index (χ4n) is 3.20. The predicted octanol–water partition coefficient (Wildman–Crippen LogP) is 4.50. The molecule has 3 rings (SSSR count). The van der Waals surface area contributed by atoms with Gasteiger partial charge in [0.15, 0.2) is 0 Å². The zero-order chi connectivity index (χ0) is 26.6. The van der Waals surface area contributed by atoms with Crippen molar-refractivity contribution >= 4 is 34.0 Å². The molecule has 1 amide bonds. The summed E-state index contributed by atoms with van der Waals surface area (Å²) in [5, 5.41) is 5.27. The standard InChI is InChI=1S/C23H21F5N4O3S/c1-13(14-3-9-19(18(25)11-14)32(2)36(34)35)22(33)29-12-15-4-10-20(23(26,27)28)31-21(15)30-17-7-5-16(24)6-8-17/h3-11,13,36H,12H2,1-2H3,(H,29,33)(H,30,31). The lowest BCUT2D eigenvalue weighted by Crippen LogP contribution is -2.28. The SMILES string of the molecule is CC(C(=O)NCc1ccc(C(F)(F)F)nc1Nc1ccc(F)cc1)c1ccc(N(C)[SH](=O)=O)c(F)c1. The van der Waals surface area contributed by atoms with Crippen molar-refractivity contribution in [1.82, 2.24) is 10.3 Å². The Hall–Kier alpha value is -3.74. The molecule has 192 valence electrons. The Morgan fingerprint density at radius 1 is 1.06 bits per heavy atom. The highest BCUT2D eigenvalue weighted by Gasteiger charge is 2.33. The summed E-state index contributed by atoms with van der Waals surface area (Å²) in [6, 6.07) is 10.5. The highest BCUT2D eigenvalue weighted by molar-refractivity contribution is 7.74. The minimum atomic E-state index is -4.71. The molecule has 13 heteroatoms. The first-order chi connectivity index (χ1) is 16.9. The lowest BCUT2D eigenvalue weighted by molar-refractivity contribution is -0.141. The first-order valence-corrected chi connectivity index (χ1v) is 11.5. The number of hydrogen-bond donors (Lipinski definition) is 3. The van der Waals surface area contributed by atoms with E-state index in [1.165, 1.54) is 38.2 Å². The van der Waals surface area contributed by atoms with Crippen LogP contribution in [0.15, 0.2) is 54.6 Å². The number of aromatic nitrogens is 1. The number of rotatable bonds is 8. The lowest BCUT2D eigenvalue weighted by atomic mass is 9.99. The van der Waals surface area contributed by atoms with Crippen LogP contribution in [-0.2, 0) is 28.4 Å². The van der Waals surface area contributed by atoms with E-state index in [-0.39, 0.29) is 34.9 Å². The first kappa shape index (κ1) is 26.9. The van der Waals surface area contributed by atoms with E-state index in [9.17, 15) is 35.2 Å². The third kappa shape index (κ3) is 6.47. The molecule has 3 aromatic rings. The van der Waals surface area contributed by atoms with Gasteiger partial charge in [-0.05, 0) is 55.0 Å². The lowest BCUT2D eigenvalue weighted by Gasteiger charge is -2.18. The molecule has 1 unspecified atom stereocenters. The van der Waals surface area contributed by atoms with Gasteiger partial charge in [-0.2, -0.15) is 13.2 Å². The number of halogens is 5. The molecule has 2 N–H and O–H groups in total. The molecule has 0 radical (unpaired) electrons. The molecule has 1 heterocycles. The van der Waals surface area contributed by atoms with Crippen LogP contribution in [0.5, 0.6) is 0 Å². The third-order valence-corrected chi connectivity index (χ3v) is 5.99. The number of thiol groups is 1. The van der Waals surface area contributed by atoms with Gasteiger partial charge in [-0.1, -0.05) is 12.1 Å². The summed E-state index contributed by atoms with van der Waals surface area (Å²) in [5.41, 5.74) is -0.580. The summed E-state index contributed by atoms with van der Waals surface area (Å²) >= 11 is 0. The van der Waals surface area contributed by atoms with Gasteiger partial charge >= 0.3 is 6.18 Å². The molecule has 7 nitrogen and oxygen atoms in total. The van der Waals surface area contributed by atoms with Crippen molar-refractivity contribution < 1.29 is 35.2 Å². The number of carbonyl (C=O) groups is 1. The number of benzene rings is 2. The van der Waals surface area contributed by atoms with Gasteiger partial charge in [-0.25, -0.2) is 22.2 Å². The Bertz CT molecular complexity index is 1320. The number of pyridine rings is 1. The van der Waals surface area contributed by atoms with Crippen molar-refractivity contribution in [3.63, 3.8) is 0 Å². The second-order valence-corrected chi connectivity index (χ2v) is 8.82. The van der Waals surface area contributed by atoms with Crippen LogP contribution >= 0.6 is 0 Å². The molecule has 0 saturated carbocycles. The smallest absolute Gasteiger partial charge is 0.351 e. The summed E-state index contributed by atoms with van der Waals surface area (Å²) in [6.45, 7) is 1.28. The minimum absolute atomic E-state index is 0.185. The van der Waals surface area contributed by atoms with E-state index in [0.29, 0.717) is 0 Å². The van der Waals surface area contributed by atoms with Crippen LogP contribution in [0.3, 0.4) is 0 Å². The number of anilines is 3. The third-order valence-electron chi connectivity index (χ3n) is 5.29. The zero-order valence-electron chi connectivity index (χ0n) is 18.9. The van der Waals surface area contributed by atoms with Gasteiger partial charge in [-0.3, -0.25) is 9.10 Å². The van der Waals surface area contributed by atoms with Gasteiger partial charge in [0.05, 0.1) is 11.6 Å². The largest absolute Gasteiger partial charge is 0.433 e. The Balaban J connectivity index is 1.79. The minimum Gasteiger partial charge on any atom is -0.351 e. The van der Waals surface area contributed by atoms with Gasteiger partial charge in [-0.15, -0.1) is 0 Å². The Kier molecular flexibility index (Phi) is 8.13. The molecule has 0 bridgehead atoms. The number of nitrogens with zero attached hydrogens (tertiary/aromatic N) is 2. The fourth-order valence-corrected chi connectivity index (χ4v) is 3.53. The van der Waals surface area contributed by atoms with Crippen LogP contribution in [0, 0.1) is 11.6 Å². The van der Waals surface area contributed by atoms with Crippen LogP contribution in [0.4, 0.5) is 39.1 Å². The van der Waals surface area contributed by atoms with Gasteiger partial charge in [0.25, 0.3) is 0 Å². The summed E-state index contributed by atoms with van der Waals surface area (Å²) in [7, 11) is -1.87. The van der Waals surface area contributed by atoms with E-state index in [2.05, 4.69) is 15.6 Å². The van der Waals surface area contributed by atoms with Crippen LogP contribution in [0.2, 0.25) is 0 Å². The van der Waals surface area contributed by atoms with E-state index in [4.69, 9.17) is 0 Å². The molecule has 0 aliphatic carbocycles. The van der Waals surface area contributed by atoms with Crippen LogP contribution in [0.25, 0.3) is 0 Å². The summed E-state index contributed by atoms with van der Waals surface area (Å²) in [5.74, 6) is -2.98. The topological polar surface area (TPSA) is 91.4 Å². The summed E-state index contributed by atoms with van der Waals surface area (Å²) < 4.78 is 90.0. The predicted molar refractivity (Wildman–Crippen MR) is 124 cm³/mol. The van der Waals surface area contributed by atoms with Crippen molar-refractivity contribution in [2.75, 3.05) is 16.7 Å². The van der Waals surface area contributed by atoms with Crippen molar-refractivity contribution in [2.24, 2.45) is 0 Å². The molecule has 1 aromatic heterocycles. The maximum absolute atomic E-state index is 14.4. The highest BCUT2D eigenvalue weighted by atomic mass is 32.2.